The second-order valence-corrected chi connectivity index (χ2v) is 5.13. The first-order valence-electron chi connectivity index (χ1n) is 5.36. The fraction of sp³-hybridized carbons (Fsp3) is 0.250. The summed E-state index contributed by atoms with van der Waals surface area (Å²) in [7, 11) is 0. The molecule has 0 bridgehead atoms. The molecule has 0 saturated heterocycles. The summed E-state index contributed by atoms with van der Waals surface area (Å²) in [6.07, 6.45) is 3.59. The Labute approximate surface area is 112 Å². The van der Waals surface area contributed by atoms with E-state index in [0.29, 0.717) is 11.3 Å². The quantitative estimate of drug-likeness (QED) is 0.809. The van der Waals surface area contributed by atoms with Gasteiger partial charge in [-0.05, 0) is 52.7 Å². The van der Waals surface area contributed by atoms with Crippen molar-refractivity contribution in [3.63, 3.8) is 0 Å². The van der Waals surface area contributed by atoms with Gasteiger partial charge in [0, 0.05) is 10.1 Å². The Morgan fingerprint density at radius 2 is 2.29 bits per heavy atom. The van der Waals surface area contributed by atoms with Crippen LogP contribution in [0.15, 0.2) is 23.1 Å². The Morgan fingerprint density at radius 1 is 1.41 bits per heavy atom. The van der Waals surface area contributed by atoms with Gasteiger partial charge in [-0.1, -0.05) is 0 Å². The summed E-state index contributed by atoms with van der Waals surface area (Å²) in [6.45, 7) is 1.56. The molecule has 2 heterocycles. The number of fused-ring (bicyclic) bond motifs is 1. The van der Waals surface area contributed by atoms with E-state index >= 15 is 0 Å². The van der Waals surface area contributed by atoms with Crippen molar-refractivity contribution in [2.24, 2.45) is 0 Å². The lowest BCUT2D eigenvalue weighted by Gasteiger charge is -2.20. The van der Waals surface area contributed by atoms with Crippen molar-refractivity contribution in [1.29, 1.82) is 0 Å². The van der Waals surface area contributed by atoms with Crippen molar-refractivity contribution in [1.82, 2.24) is 10.3 Å². The van der Waals surface area contributed by atoms with Crippen molar-refractivity contribution < 1.29 is 8.81 Å². The SMILES string of the molecule is Fc1c(-c2cnco2)cc(I)c2c1CCNC2. The van der Waals surface area contributed by atoms with Gasteiger partial charge in [0.1, 0.15) is 5.82 Å². The van der Waals surface area contributed by atoms with Gasteiger partial charge in [-0.2, -0.15) is 0 Å². The molecule has 0 aliphatic carbocycles. The van der Waals surface area contributed by atoms with E-state index < -0.39 is 0 Å². The van der Waals surface area contributed by atoms with Crippen LogP contribution in [0.3, 0.4) is 0 Å². The van der Waals surface area contributed by atoms with Gasteiger partial charge in [-0.3, -0.25) is 0 Å². The van der Waals surface area contributed by atoms with E-state index in [1.165, 1.54) is 6.39 Å². The zero-order valence-electron chi connectivity index (χ0n) is 8.96. The summed E-state index contributed by atoms with van der Waals surface area (Å²) >= 11 is 2.24. The first kappa shape index (κ1) is 11.2. The fourth-order valence-electron chi connectivity index (χ4n) is 2.12. The van der Waals surface area contributed by atoms with Crippen molar-refractivity contribution in [3.05, 3.63) is 39.2 Å². The van der Waals surface area contributed by atoms with Gasteiger partial charge in [0.25, 0.3) is 0 Å². The fourth-order valence-corrected chi connectivity index (χ4v) is 2.95. The zero-order valence-corrected chi connectivity index (χ0v) is 11.1. The molecule has 1 aromatic carbocycles. The van der Waals surface area contributed by atoms with E-state index in [-0.39, 0.29) is 5.82 Å². The van der Waals surface area contributed by atoms with Crippen LogP contribution in [-0.4, -0.2) is 11.5 Å². The molecular weight excluding hydrogens is 334 g/mol. The molecule has 0 radical (unpaired) electrons. The van der Waals surface area contributed by atoms with Gasteiger partial charge in [0.15, 0.2) is 12.2 Å². The van der Waals surface area contributed by atoms with Gasteiger partial charge >= 0.3 is 0 Å². The second kappa shape index (κ2) is 4.38. The van der Waals surface area contributed by atoms with Crippen molar-refractivity contribution >= 4 is 22.6 Å². The summed E-state index contributed by atoms with van der Waals surface area (Å²) in [5, 5.41) is 3.26. The maximum atomic E-state index is 14.4. The molecule has 88 valence electrons. The highest BCUT2D eigenvalue weighted by atomic mass is 127. The van der Waals surface area contributed by atoms with Crippen LogP contribution in [0.2, 0.25) is 0 Å². The summed E-state index contributed by atoms with van der Waals surface area (Å²) in [4.78, 5) is 3.83. The van der Waals surface area contributed by atoms with Gasteiger partial charge in [-0.15, -0.1) is 0 Å². The van der Waals surface area contributed by atoms with Crippen molar-refractivity contribution in [2.45, 2.75) is 13.0 Å². The summed E-state index contributed by atoms with van der Waals surface area (Å²) in [6, 6.07) is 1.82. The average Bonchev–Trinajstić information content (AvgIpc) is 2.87. The molecule has 1 aliphatic heterocycles. The molecule has 0 amide bonds. The lowest BCUT2D eigenvalue weighted by atomic mass is 9.97. The van der Waals surface area contributed by atoms with Crippen LogP contribution in [0.5, 0.6) is 0 Å². The molecule has 3 rings (SSSR count). The highest BCUT2D eigenvalue weighted by molar-refractivity contribution is 14.1. The van der Waals surface area contributed by atoms with E-state index in [0.717, 1.165) is 34.2 Å². The molecule has 0 saturated carbocycles. The standard InChI is InChI=1S/C12H10FIN2O/c13-12-7-1-2-15-4-9(7)10(14)3-8(12)11-5-16-6-17-11/h3,5-6,15H,1-2,4H2. The van der Waals surface area contributed by atoms with Crippen molar-refractivity contribution in [3.8, 4) is 11.3 Å². The van der Waals surface area contributed by atoms with Gasteiger partial charge in [-0.25, -0.2) is 9.37 Å². The molecule has 5 heteroatoms. The maximum absolute atomic E-state index is 14.4. The highest BCUT2D eigenvalue weighted by Gasteiger charge is 2.21. The topological polar surface area (TPSA) is 38.1 Å². The van der Waals surface area contributed by atoms with Crippen molar-refractivity contribution in [2.75, 3.05) is 6.54 Å². The average molecular weight is 344 g/mol. The predicted octanol–water partition coefficient (Wildman–Crippen LogP) is 2.73. The van der Waals surface area contributed by atoms with Crippen LogP contribution in [0, 0.1) is 9.39 Å². The number of oxazole rings is 1. The Balaban J connectivity index is 2.21. The van der Waals surface area contributed by atoms with E-state index in [1.54, 1.807) is 6.20 Å². The molecule has 0 unspecified atom stereocenters. The Bertz CT molecular complexity index is 554. The minimum atomic E-state index is -0.168. The third kappa shape index (κ3) is 1.87. The highest BCUT2D eigenvalue weighted by Crippen LogP contribution is 2.32. The lowest BCUT2D eigenvalue weighted by Crippen LogP contribution is -2.25. The van der Waals surface area contributed by atoms with Crippen LogP contribution in [0.4, 0.5) is 4.39 Å². The summed E-state index contributed by atoms with van der Waals surface area (Å²) < 4.78 is 20.6. The van der Waals surface area contributed by atoms with E-state index in [4.69, 9.17) is 4.42 Å². The van der Waals surface area contributed by atoms with Gasteiger partial charge in [0.05, 0.1) is 11.8 Å². The normalized spacial score (nSPS) is 14.7. The minimum absolute atomic E-state index is 0.168. The minimum Gasteiger partial charge on any atom is -0.443 e. The Hall–Kier alpha value is -0.950. The molecule has 0 spiro atoms. The molecular formula is C12H10FIN2O. The predicted molar refractivity (Wildman–Crippen MR) is 70.0 cm³/mol. The molecule has 1 aliphatic rings. The van der Waals surface area contributed by atoms with Crippen LogP contribution in [0.25, 0.3) is 11.3 Å². The zero-order chi connectivity index (χ0) is 11.8. The number of benzene rings is 1. The number of nitrogens with one attached hydrogen (secondary N) is 1. The van der Waals surface area contributed by atoms with E-state index in [1.807, 2.05) is 6.07 Å². The number of hydrogen-bond acceptors (Lipinski definition) is 3. The molecule has 1 aromatic heterocycles. The molecule has 3 nitrogen and oxygen atoms in total. The first-order chi connectivity index (χ1) is 8.27. The van der Waals surface area contributed by atoms with Gasteiger partial charge in [0.2, 0.25) is 0 Å². The van der Waals surface area contributed by atoms with Crippen LogP contribution < -0.4 is 5.32 Å². The third-order valence-corrected chi connectivity index (χ3v) is 3.94. The molecule has 17 heavy (non-hydrogen) atoms. The van der Waals surface area contributed by atoms with Gasteiger partial charge < -0.3 is 9.73 Å². The number of aromatic nitrogens is 1. The maximum Gasteiger partial charge on any atom is 0.181 e. The van der Waals surface area contributed by atoms with Crippen LogP contribution in [-0.2, 0) is 13.0 Å². The monoisotopic (exact) mass is 344 g/mol. The molecule has 0 atom stereocenters. The molecule has 0 fully saturated rings. The third-order valence-electron chi connectivity index (χ3n) is 2.98. The number of nitrogens with zero attached hydrogens (tertiary/aromatic N) is 1. The van der Waals surface area contributed by atoms with Crippen LogP contribution >= 0.6 is 22.6 Å². The van der Waals surface area contributed by atoms with Crippen LogP contribution in [0.1, 0.15) is 11.1 Å². The van der Waals surface area contributed by atoms with E-state index in [9.17, 15) is 4.39 Å². The second-order valence-electron chi connectivity index (χ2n) is 3.97. The van der Waals surface area contributed by atoms with E-state index in [2.05, 4.69) is 32.9 Å². The Kier molecular flexibility index (Phi) is 2.87. The molecule has 1 N–H and O–H groups in total. The Morgan fingerprint density at radius 3 is 3.06 bits per heavy atom. The first-order valence-corrected chi connectivity index (χ1v) is 6.44. The lowest BCUT2D eigenvalue weighted by molar-refractivity contribution is 0.547. The smallest absolute Gasteiger partial charge is 0.181 e. The number of rotatable bonds is 1. The summed E-state index contributed by atoms with van der Waals surface area (Å²) in [5.74, 6) is 0.320. The summed E-state index contributed by atoms with van der Waals surface area (Å²) in [5.41, 5.74) is 2.38. The molecule has 2 aromatic rings. The largest absolute Gasteiger partial charge is 0.443 e. The number of hydrogen-bond donors (Lipinski definition) is 1. The number of halogens is 2.